The van der Waals surface area contributed by atoms with E-state index in [4.69, 9.17) is 27.9 Å². The fraction of sp³-hybridized carbons (Fsp3) is 0.417. The molecule has 2 aliphatic heterocycles. The highest BCUT2D eigenvalue weighted by Gasteiger charge is 2.35. The van der Waals surface area contributed by atoms with E-state index >= 15 is 0 Å². The molecule has 2 saturated heterocycles. The lowest BCUT2D eigenvalue weighted by Gasteiger charge is -2.35. The van der Waals surface area contributed by atoms with Crippen molar-refractivity contribution in [3.63, 3.8) is 0 Å². The molecule has 6 nitrogen and oxygen atoms in total. The van der Waals surface area contributed by atoms with E-state index in [2.05, 4.69) is 10.2 Å². The van der Waals surface area contributed by atoms with Crippen molar-refractivity contribution < 1.29 is 18.7 Å². The second-order valence-corrected chi connectivity index (χ2v) is 9.15. The van der Waals surface area contributed by atoms with E-state index in [9.17, 15) is 14.0 Å². The maximum absolute atomic E-state index is 13.5. The third-order valence-corrected chi connectivity index (χ3v) is 6.57. The van der Waals surface area contributed by atoms with Crippen LogP contribution >= 0.6 is 23.2 Å². The molecule has 2 aromatic carbocycles. The molecule has 0 spiro atoms. The van der Waals surface area contributed by atoms with E-state index in [0.29, 0.717) is 48.3 Å². The van der Waals surface area contributed by atoms with Gasteiger partial charge in [0.05, 0.1) is 19.3 Å². The topological polar surface area (TPSA) is 61.9 Å². The van der Waals surface area contributed by atoms with Crippen LogP contribution in [-0.4, -0.2) is 67.0 Å². The molecule has 2 heterocycles. The molecule has 9 heteroatoms. The predicted molar refractivity (Wildman–Crippen MR) is 125 cm³/mol. The van der Waals surface area contributed by atoms with Gasteiger partial charge in [-0.3, -0.25) is 14.5 Å². The lowest BCUT2D eigenvalue weighted by molar-refractivity contribution is -0.125. The number of likely N-dealkylation sites (tertiary alicyclic amines) is 1. The van der Waals surface area contributed by atoms with E-state index in [-0.39, 0.29) is 23.7 Å². The summed E-state index contributed by atoms with van der Waals surface area (Å²) in [6.07, 6.45) is 1.33. The van der Waals surface area contributed by atoms with E-state index in [0.717, 1.165) is 25.1 Å². The summed E-state index contributed by atoms with van der Waals surface area (Å²) in [6, 6.07) is 10.4. The lowest BCUT2D eigenvalue weighted by atomic mass is 10.0. The quantitative estimate of drug-likeness (QED) is 0.662. The Hall–Kier alpha value is -2.19. The van der Waals surface area contributed by atoms with Gasteiger partial charge in [0.25, 0.3) is 5.91 Å². The zero-order valence-electron chi connectivity index (χ0n) is 18.1. The first kappa shape index (κ1) is 24.0. The molecular weight excluding hydrogens is 468 g/mol. The molecule has 0 radical (unpaired) electrons. The van der Waals surface area contributed by atoms with Crippen molar-refractivity contribution in [1.82, 2.24) is 15.1 Å². The molecule has 1 N–H and O–H groups in total. The van der Waals surface area contributed by atoms with Crippen molar-refractivity contribution in [2.24, 2.45) is 0 Å². The van der Waals surface area contributed by atoms with Gasteiger partial charge in [-0.1, -0.05) is 35.3 Å². The highest BCUT2D eigenvalue weighted by Crippen LogP contribution is 2.26. The van der Waals surface area contributed by atoms with Crippen LogP contribution in [0.25, 0.3) is 0 Å². The number of nitrogens with zero attached hydrogens (tertiary/aromatic N) is 2. The van der Waals surface area contributed by atoms with Crippen molar-refractivity contribution >= 4 is 35.0 Å². The summed E-state index contributed by atoms with van der Waals surface area (Å²) < 4.78 is 18.9. The van der Waals surface area contributed by atoms with Crippen LogP contribution in [0.4, 0.5) is 4.39 Å². The van der Waals surface area contributed by atoms with E-state index in [1.165, 1.54) is 12.1 Å². The van der Waals surface area contributed by atoms with E-state index in [1.807, 2.05) is 0 Å². The number of morpholine rings is 1. The average molecular weight is 494 g/mol. The third kappa shape index (κ3) is 5.84. The molecule has 4 rings (SSSR count). The number of benzene rings is 2. The highest BCUT2D eigenvalue weighted by molar-refractivity contribution is 6.35. The van der Waals surface area contributed by atoms with E-state index in [1.54, 1.807) is 35.2 Å². The molecule has 0 aliphatic carbocycles. The van der Waals surface area contributed by atoms with Crippen molar-refractivity contribution in [3.05, 3.63) is 69.5 Å². The molecular formula is C24H26Cl2FN3O3. The van der Waals surface area contributed by atoms with Gasteiger partial charge in [0.1, 0.15) is 11.9 Å². The predicted octanol–water partition coefficient (Wildman–Crippen LogP) is 3.93. The SMILES string of the molecule is O=C(NCC(c1ccc(F)cc1)N1CCOCC1)C1CCCN1C(=O)c1cc(Cl)cc(Cl)c1. The summed E-state index contributed by atoms with van der Waals surface area (Å²) in [6.45, 7) is 3.51. The Bertz CT molecular complexity index is 979. The smallest absolute Gasteiger partial charge is 0.254 e. The van der Waals surface area contributed by atoms with Gasteiger partial charge < -0.3 is 15.0 Å². The van der Waals surface area contributed by atoms with Crippen LogP contribution in [0.2, 0.25) is 10.0 Å². The standard InChI is InChI=1S/C24H26Cl2FN3O3/c25-18-12-17(13-19(26)14-18)24(32)30-7-1-2-21(30)23(31)28-15-22(29-8-10-33-11-9-29)16-3-5-20(27)6-4-16/h3-6,12-14,21-22H,1-2,7-11,15H2,(H,28,31). The number of halogens is 3. The molecule has 0 saturated carbocycles. The number of hydrogen-bond acceptors (Lipinski definition) is 4. The average Bonchev–Trinajstić information content (AvgIpc) is 3.30. The molecule has 2 fully saturated rings. The monoisotopic (exact) mass is 493 g/mol. The number of ether oxygens (including phenoxy) is 1. The van der Waals surface area contributed by atoms with Crippen LogP contribution in [0.3, 0.4) is 0 Å². The number of nitrogens with one attached hydrogen (secondary N) is 1. The van der Waals surface area contributed by atoms with Crippen LogP contribution in [0, 0.1) is 5.82 Å². The summed E-state index contributed by atoms with van der Waals surface area (Å²) in [5, 5.41) is 3.78. The summed E-state index contributed by atoms with van der Waals surface area (Å²) in [4.78, 5) is 30.0. The maximum atomic E-state index is 13.5. The number of rotatable bonds is 6. The normalized spacial score (nSPS) is 20.0. The largest absolute Gasteiger partial charge is 0.379 e. The lowest BCUT2D eigenvalue weighted by Crippen LogP contribution is -2.49. The summed E-state index contributed by atoms with van der Waals surface area (Å²) in [5.41, 5.74) is 1.29. The van der Waals surface area contributed by atoms with Crippen molar-refractivity contribution in [2.75, 3.05) is 39.4 Å². The molecule has 33 heavy (non-hydrogen) atoms. The minimum atomic E-state index is -0.561. The first-order valence-electron chi connectivity index (χ1n) is 11.0. The Morgan fingerprint density at radius 2 is 1.73 bits per heavy atom. The molecule has 0 aromatic heterocycles. The summed E-state index contributed by atoms with van der Waals surface area (Å²) >= 11 is 12.1. The fourth-order valence-corrected chi connectivity index (χ4v) is 5.00. The Balaban J connectivity index is 1.45. The summed E-state index contributed by atoms with van der Waals surface area (Å²) in [7, 11) is 0. The van der Waals surface area contributed by atoms with Crippen LogP contribution < -0.4 is 5.32 Å². The fourth-order valence-electron chi connectivity index (χ4n) is 4.47. The van der Waals surface area contributed by atoms with Gasteiger partial charge in [0, 0.05) is 41.8 Å². The Morgan fingerprint density at radius 1 is 1.06 bits per heavy atom. The Morgan fingerprint density at radius 3 is 2.39 bits per heavy atom. The zero-order chi connectivity index (χ0) is 23.4. The Kier molecular flexibility index (Phi) is 7.86. The van der Waals surface area contributed by atoms with Crippen molar-refractivity contribution in [3.8, 4) is 0 Å². The molecule has 2 amide bonds. The minimum Gasteiger partial charge on any atom is -0.379 e. The van der Waals surface area contributed by atoms with Gasteiger partial charge >= 0.3 is 0 Å². The molecule has 2 unspecified atom stereocenters. The number of carbonyl (C=O) groups is 2. The van der Waals surface area contributed by atoms with Gasteiger partial charge in [-0.15, -0.1) is 0 Å². The molecule has 2 aliphatic rings. The van der Waals surface area contributed by atoms with Gasteiger partial charge in [0.2, 0.25) is 5.91 Å². The van der Waals surface area contributed by atoms with Crippen LogP contribution in [0.1, 0.15) is 34.8 Å². The zero-order valence-corrected chi connectivity index (χ0v) is 19.6. The molecule has 176 valence electrons. The van der Waals surface area contributed by atoms with Crippen LogP contribution in [0.5, 0.6) is 0 Å². The van der Waals surface area contributed by atoms with Gasteiger partial charge in [-0.25, -0.2) is 4.39 Å². The minimum absolute atomic E-state index is 0.115. The molecule has 2 atom stereocenters. The molecule has 0 bridgehead atoms. The first-order valence-corrected chi connectivity index (χ1v) is 11.8. The third-order valence-electron chi connectivity index (χ3n) is 6.14. The highest BCUT2D eigenvalue weighted by atomic mass is 35.5. The number of hydrogen-bond donors (Lipinski definition) is 1. The van der Waals surface area contributed by atoms with Crippen LogP contribution in [-0.2, 0) is 9.53 Å². The Labute approximate surface area is 202 Å². The van der Waals surface area contributed by atoms with Gasteiger partial charge in [-0.2, -0.15) is 0 Å². The first-order chi connectivity index (χ1) is 15.9. The second kappa shape index (κ2) is 10.8. The van der Waals surface area contributed by atoms with Crippen molar-refractivity contribution in [1.29, 1.82) is 0 Å². The molecule has 2 aromatic rings. The maximum Gasteiger partial charge on any atom is 0.254 e. The van der Waals surface area contributed by atoms with Gasteiger partial charge in [0.15, 0.2) is 0 Å². The number of carbonyl (C=O) groups excluding carboxylic acids is 2. The second-order valence-electron chi connectivity index (χ2n) is 8.28. The van der Waals surface area contributed by atoms with Gasteiger partial charge in [-0.05, 0) is 48.7 Å². The number of amides is 2. The van der Waals surface area contributed by atoms with Crippen LogP contribution in [0.15, 0.2) is 42.5 Å². The van der Waals surface area contributed by atoms with E-state index < -0.39 is 6.04 Å². The van der Waals surface area contributed by atoms with Crippen molar-refractivity contribution in [2.45, 2.75) is 24.9 Å². The summed E-state index contributed by atoms with van der Waals surface area (Å²) in [5.74, 6) is -0.764.